The molecule has 0 aliphatic carbocycles. The second-order valence-corrected chi connectivity index (χ2v) is 6.94. The van der Waals surface area contributed by atoms with E-state index in [2.05, 4.69) is 15.5 Å². The number of rotatable bonds is 3. The Hall–Kier alpha value is -3.78. The second kappa shape index (κ2) is 6.43. The summed E-state index contributed by atoms with van der Waals surface area (Å²) in [7, 11) is 0. The molecule has 0 saturated heterocycles. The van der Waals surface area contributed by atoms with Crippen molar-refractivity contribution >= 4 is 45.0 Å². The predicted octanol–water partition coefficient (Wildman–Crippen LogP) is 4.31. The number of carbonyl (C=O) groups is 1. The van der Waals surface area contributed by atoms with Crippen LogP contribution >= 0.6 is 11.3 Å². The Morgan fingerprint density at radius 2 is 1.86 bits per heavy atom. The van der Waals surface area contributed by atoms with E-state index in [0.29, 0.717) is 16.9 Å². The van der Waals surface area contributed by atoms with Crippen LogP contribution in [0.25, 0.3) is 32.5 Å². The summed E-state index contributed by atoms with van der Waals surface area (Å²) in [5.41, 5.74) is -0.462. The molecule has 0 radical (unpaired) electrons. The SMILES string of the molecule is O=C(Nc1nnc(-c2cccs2)o1)c1cc2c(ccc3ccccc32)oc1=O. The van der Waals surface area contributed by atoms with Gasteiger partial charge in [-0.05, 0) is 34.4 Å². The first-order chi connectivity index (χ1) is 13.7. The number of nitrogens with zero attached hydrogens (tertiary/aromatic N) is 2. The van der Waals surface area contributed by atoms with Gasteiger partial charge in [0, 0.05) is 5.39 Å². The Kier molecular flexibility index (Phi) is 3.77. The predicted molar refractivity (Wildman–Crippen MR) is 106 cm³/mol. The molecule has 1 N–H and O–H groups in total. The van der Waals surface area contributed by atoms with E-state index in [1.165, 1.54) is 17.4 Å². The van der Waals surface area contributed by atoms with Gasteiger partial charge in [-0.25, -0.2) is 4.79 Å². The van der Waals surface area contributed by atoms with Crippen LogP contribution in [-0.2, 0) is 0 Å². The lowest BCUT2D eigenvalue weighted by molar-refractivity contribution is 0.102. The van der Waals surface area contributed by atoms with Crippen LogP contribution < -0.4 is 10.9 Å². The molecule has 5 rings (SSSR count). The van der Waals surface area contributed by atoms with Crippen molar-refractivity contribution in [2.24, 2.45) is 0 Å². The average Bonchev–Trinajstić information content (AvgIpc) is 3.39. The van der Waals surface area contributed by atoms with Crippen LogP contribution in [0.4, 0.5) is 6.01 Å². The van der Waals surface area contributed by atoms with E-state index in [9.17, 15) is 9.59 Å². The first-order valence-electron chi connectivity index (χ1n) is 8.33. The van der Waals surface area contributed by atoms with E-state index in [1.807, 2.05) is 47.8 Å². The zero-order valence-corrected chi connectivity index (χ0v) is 15.0. The fraction of sp³-hybridized carbons (Fsp3) is 0. The van der Waals surface area contributed by atoms with Crippen molar-refractivity contribution in [2.45, 2.75) is 0 Å². The molecule has 8 heteroatoms. The number of anilines is 1. The Labute approximate surface area is 161 Å². The molecule has 3 aromatic heterocycles. The number of amides is 1. The summed E-state index contributed by atoms with van der Waals surface area (Å²) in [4.78, 5) is 25.7. The molecule has 0 bridgehead atoms. The van der Waals surface area contributed by atoms with Gasteiger partial charge in [0.2, 0.25) is 0 Å². The molecule has 0 saturated carbocycles. The number of fused-ring (bicyclic) bond motifs is 3. The highest BCUT2D eigenvalue weighted by Gasteiger charge is 2.18. The van der Waals surface area contributed by atoms with Gasteiger partial charge in [-0.3, -0.25) is 10.1 Å². The molecular formula is C20H11N3O4S. The first-order valence-corrected chi connectivity index (χ1v) is 9.21. The molecule has 5 aromatic rings. The van der Waals surface area contributed by atoms with Crippen molar-refractivity contribution in [2.75, 3.05) is 5.32 Å². The molecule has 0 aliphatic heterocycles. The van der Waals surface area contributed by atoms with Crippen molar-refractivity contribution in [1.82, 2.24) is 10.2 Å². The topological polar surface area (TPSA) is 98.2 Å². The van der Waals surface area contributed by atoms with E-state index in [0.717, 1.165) is 15.6 Å². The van der Waals surface area contributed by atoms with Crippen LogP contribution in [0.5, 0.6) is 0 Å². The van der Waals surface area contributed by atoms with Crippen molar-refractivity contribution < 1.29 is 13.6 Å². The fourth-order valence-corrected chi connectivity index (χ4v) is 3.61. The summed E-state index contributed by atoms with van der Waals surface area (Å²) in [5, 5.41) is 14.6. The Morgan fingerprint density at radius 3 is 2.71 bits per heavy atom. The monoisotopic (exact) mass is 389 g/mol. The van der Waals surface area contributed by atoms with E-state index < -0.39 is 11.5 Å². The molecule has 28 heavy (non-hydrogen) atoms. The maximum absolute atomic E-state index is 12.6. The number of hydrogen-bond acceptors (Lipinski definition) is 7. The second-order valence-electron chi connectivity index (χ2n) is 5.99. The minimum Gasteiger partial charge on any atom is -0.422 e. The molecule has 1 amide bonds. The lowest BCUT2D eigenvalue weighted by Crippen LogP contribution is -2.20. The van der Waals surface area contributed by atoms with Gasteiger partial charge >= 0.3 is 11.6 Å². The number of hydrogen-bond donors (Lipinski definition) is 1. The summed E-state index contributed by atoms with van der Waals surface area (Å²) in [6.45, 7) is 0. The number of benzene rings is 2. The van der Waals surface area contributed by atoms with Crippen molar-refractivity contribution in [3.05, 3.63) is 76.0 Å². The van der Waals surface area contributed by atoms with E-state index in [1.54, 1.807) is 6.07 Å². The van der Waals surface area contributed by atoms with Gasteiger partial charge in [-0.1, -0.05) is 41.5 Å². The van der Waals surface area contributed by atoms with E-state index >= 15 is 0 Å². The van der Waals surface area contributed by atoms with Gasteiger partial charge in [0.1, 0.15) is 11.1 Å². The van der Waals surface area contributed by atoms with Gasteiger partial charge in [-0.15, -0.1) is 16.4 Å². The molecule has 7 nitrogen and oxygen atoms in total. The van der Waals surface area contributed by atoms with Crippen LogP contribution in [0.2, 0.25) is 0 Å². The molecule has 136 valence electrons. The smallest absolute Gasteiger partial charge is 0.349 e. The van der Waals surface area contributed by atoms with Crippen molar-refractivity contribution in [3.8, 4) is 10.8 Å². The normalized spacial score (nSPS) is 11.1. The minimum atomic E-state index is -0.738. The largest absolute Gasteiger partial charge is 0.422 e. The van der Waals surface area contributed by atoms with Gasteiger partial charge in [0.15, 0.2) is 0 Å². The van der Waals surface area contributed by atoms with Gasteiger partial charge in [0.25, 0.3) is 11.8 Å². The maximum Gasteiger partial charge on any atom is 0.349 e. The Bertz CT molecular complexity index is 1390. The zero-order valence-electron chi connectivity index (χ0n) is 14.2. The summed E-state index contributed by atoms with van der Waals surface area (Å²) >= 11 is 1.44. The van der Waals surface area contributed by atoms with Crippen LogP contribution in [-0.4, -0.2) is 16.1 Å². The minimum absolute atomic E-state index is 0.0918. The third kappa shape index (κ3) is 2.76. The summed E-state index contributed by atoms with van der Waals surface area (Å²) in [6.07, 6.45) is 0. The molecule has 3 heterocycles. The molecule has 0 fully saturated rings. The van der Waals surface area contributed by atoms with Gasteiger partial charge in [-0.2, -0.15) is 0 Å². The number of carbonyl (C=O) groups excluding carboxylic acids is 1. The van der Waals surface area contributed by atoms with Crippen LogP contribution in [0.1, 0.15) is 10.4 Å². The fourth-order valence-electron chi connectivity index (χ4n) is 2.97. The van der Waals surface area contributed by atoms with E-state index in [-0.39, 0.29) is 11.6 Å². The van der Waals surface area contributed by atoms with Gasteiger partial charge < -0.3 is 8.83 Å². The zero-order chi connectivity index (χ0) is 19.1. The number of nitrogens with one attached hydrogen (secondary N) is 1. The standard InChI is InChI=1S/C20H11N3O4S/c24-17(21-20-23-22-18(27-20)16-6-3-9-28-16)14-10-13-12-5-2-1-4-11(12)7-8-15(13)26-19(14)25/h1-10H,(H,21,23,24). The highest BCUT2D eigenvalue weighted by Crippen LogP contribution is 2.26. The highest BCUT2D eigenvalue weighted by atomic mass is 32.1. The summed E-state index contributed by atoms with van der Waals surface area (Å²) in [5.74, 6) is -0.383. The summed E-state index contributed by atoms with van der Waals surface area (Å²) in [6, 6.07) is 16.4. The first kappa shape index (κ1) is 16.4. The third-order valence-electron chi connectivity index (χ3n) is 4.26. The molecule has 0 aliphatic rings. The van der Waals surface area contributed by atoms with Crippen LogP contribution in [0.3, 0.4) is 0 Å². The van der Waals surface area contributed by atoms with Gasteiger partial charge in [0.05, 0.1) is 4.88 Å². The third-order valence-corrected chi connectivity index (χ3v) is 5.12. The Balaban J connectivity index is 1.53. The molecule has 0 spiro atoms. The quantitative estimate of drug-likeness (QED) is 0.365. The molecule has 0 unspecified atom stereocenters. The van der Waals surface area contributed by atoms with Crippen LogP contribution in [0.15, 0.2) is 73.6 Å². The summed E-state index contributed by atoms with van der Waals surface area (Å²) < 4.78 is 10.8. The van der Waals surface area contributed by atoms with E-state index in [4.69, 9.17) is 8.83 Å². The lowest BCUT2D eigenvalue weighted by Gasteiger charge is -2.05. The average molecular weight is 389 g/mol. The van der Waals surface area contributed by atoms with Crippen LogP contribution in [0, 0.1) is 0 Å². The Morgan fingerprint density at radius 1 is 0.964 bits per heavy atom. The number of thiophene rings is 1. The molecular weight excluding hydrogens is 378 g/mol. The number of aromatic nitrogens is 2. The highest BCUT2D eigenvalue weighted by molar-refractivity contribution is 7.13. The maximum atomic E-state index is 12.6. The lowest BCUT2D eigenvalue weighted by atomic mass is 10.0. The molecule has 2 aromatic carbocycles. The molecule has 0 atom stereocenters. The van der Waals surface area contributed by atoms with Crippen molar-refractivity contribution in [3.63, 3.8) is 0 Å². The van der Waals surface area contributed by atoms with Crippen molar-refractivity contribution in [1.29, 1.82) is 0 Å².